The highest BCUT2D eigenvalue weighted by molar-refractivity contribution is 9.10. The van der Waals surface area contributed by atoms with Crippen molar-refractivity contribution in [1.82, 2.24) is 9.80 Å². The van der Waals surface area contributed by atoms with E-state index in [-0.39, 0.29) is 0 Å². The lowest BCUT2D eigenvalue weighted by Crippen LogP contribution is -2.45. The normalized spacial score (nSPS) is 14.0. The van der Waals surface area contributed by atoms with Gasteiger partial charge in [-0.05, 0) is 47.5 Å². The van der Waals surface area contributed by atoms with Crippen LogP contribution in [0.4, 0.5) is 0 Å². The van der Waals surface area contributed by atoms with Gasteiger partial charge in [0, 0.05) is 43.7 Å². The van der Waals surface area contributed by atoms with E-state index in [1.54, 1.807) is 0 Å². The molecule has 0 saturated carbocycles. The Labute approximate surface area is 207 Å². The van der Waals surface area contributed by atoms with Gasteiger partial charge in [-0.15, -0.1) is 0 Å². The summed E-state index contributed by atoms with van der Waals surface area (Å²) in [6, 6.07) is 27.0. The fraction of sp³-hybridized carbons (Fsp3) is 0.231. The Balaban J connectivity index is 0.000000481. The quantitative estimate of drug-likeness (QED) is 0.449. The van der Waals surface area contributed by atoms with Crippen LogP contribution in [0.25, 0.3) is 0 Å². The number of rotatable bonds is 6. The summed E-state index contributed by atoms with van der Waals surface area (Å²) in [5.41, 5.74) is 2.67. The Morgan fingerprint density at radius 3 is 1.74 bits per heavy atom. The second kappa shape index (κ2) is 12.9. The Morgan fingerprint density at radius 1 is 0.706 bits per heavy atom. The summed E-state index contributed by atoms with van der Waals surface area (Å²) < 4.78 is 7.12. The van der Waals surface area contributed by atoms with Crippen LogP contribution in [0.5, 0.6) is 11.5 Å². The van der Waals surface area contributed by atoms with Crippen LogP contribution in [0.1, 0.15) is 11.1 Å². The number of hydrogen-bond acceptors (Lipinski definition) is 5. The molecule has 0 aliphatic carbocycles. The van der Waals surface area contributed by atoms with Gasteiger partial charge in [0.2, 0.25) is 0 Å². The zero-order valence-electron chi connectivity index (χ0n) is 18.6. The average Bonchev–Trinajstić information content (AvgIpc) is 2.82. The van der Waals surface area contributed by atoms with Crippen molar-refractivity contribution in [3.8, 4) is 11.5 Å². The van der Waals surface area contributed by atoms with Crippen molar-refractivity contribution in [3.05, 3.63) is 94.5 Å². The molecule has 178 valence electrons. The molecule has 0 amide bonds. The maximum atomic E-state index is 9.10. The molecule has 1 aliphatic rings. The summed E-state index contributed by atoms with van der Waals surface area (Å²) in [4.78, 5) is 23.3. The molecule has 1 fully saturated rings. The number of carboxylic acid groups (broad SMARTS) is 2. The molecule has 0 radical (unpaired) electrons. The molecule has 0 spiro atoms. The smallest absolute Gasteiger partial charge is 0.414 e. The monoisotopic (exact) mass is 526 g/mol. The summed E-state index contributed by atoms with van der Waals surface area (Å²) in [6.45, 7) is 6.39. The maximum Gasteiger partial charge on any atom is 0.414 e. The lowest BCUT2D eigenvalue weighted by molar-refractivity contribution is -0.159. The molecule has 0 bridgehead atoms. The van der Waals surface area contributed by atoms with Crippen LogP contribution in [-0.2, 0) is 22.7 Å². The van der Waals surface area contributed by atoms with Gasteiger partial charge in [0.15, 0.2) is 0 Å². The van der Waals surface area contributed by atoms with Gasteiger partial charge in [0.05, 0.1) is 0 Å². The van der Waals surface area contributed by atoms with Gasteiger partial charge >= 0.3 is 11.9 Å². The number of hydrogen-bond donors (Lipinski definition) is 2. The summed E-state index contributed by atoms with van der Waals surface area (Å²) >= 11 is 3.56. The maximum absolute atomic E-state index is 9.10. The minimum absolute atomic E-state index is 0.876. The third-order valence-electron chi connectivity index (χ3n) is 5.23. The molecule has 2 N–H and O–H groups in total. The third kappa shape index (κ3) is 8.62. The van der Waals surface area contributed by atoms with Gasteiger partial charge < -0.3 is 14.9 Å². The van der Waals surface area contributed by atoms with E-state index in [4.69, 9.17) is 24.5 Å². The molecule has 1 aliphatic heterocycles. The van der Waals surface area contributed by atoms with Gasteiger partial charge in [-0.3, -0.25) is 9.80 Å². The van der Waals surface area contributed by atoms with E-state index in [0.29, 0.717) is 0 Å². The van der Waals surface area contributed by atoms with E-state index in [1.165, 1.54) is 11.1 Å². The SMILES string of the molecule is Brc1cccc(CN2CCN(Cc3cccc(Oc4ccccc4)c3)CC2)c1.O=C(O)C(=O)O. The van der Waals surface area contributed by atoms with Crippen molar-refractivity contribution < 1.29 is 24.5 Å². The fourth-order valence-corrected chi connectivity index (χ4v) is 4.04. The molecule has 0 atom stereocenters. The number of para-hydroxylation sites is 1. The zero-order chi connectivity index (χ0) is 24.3. The molecule has 0 unspecified atom stereocenters. The molecular weight excluding hydrogens is 500 g/mol. The predicted molar refractivity (Wildman–Crippen MR) is 133 cm³/mol. The molecular formula is C26H27BrN2O5. The molecule has 3 aromatic carbocycles. The number of aliphatic carboxylic acids is 2. The highest BCUT2D eigenvalue weighted by Gasteiger charge is 2.17. The van der Waals surface area contributed by atoms with Gasteiger partial charge in [-0.2, -0.15) is 0 Å². The minimum atomic E-state index is -1.82. The predicted octanol–water partition coefficient (Wildman–Crippen LogP) is 4.71. The van der Waals surface area contributed by atoms with Gasteiger partial charge in [-0.1, -0.05) is 58.4 Å². The van der Waals surface area contributed by atoms with Crippen LogP contribution in [0.3, 0.4) is 0 Å². The van der Waals surface area contributed by atoms with Gasteiger partial charge in [0.1, 0.15) is 11.5 Å². The van der Waals surface area contributed by atoms with Gasteiger partial charge in [-0.25, -0.2) is 9.59 Å². The van der Waals surface area contributed by atoms with Crippen LogP contribution < -0.4 is 4.74 Å². The lowest BCUT2D eigenvalue weighted by Gasteiger charge is -2.34. The first-order chi connectivity index (χ1) is 16.4. The number of nitrogens with zero attached hydrogens (tertiary/aromatic N) is 2. The first-order valence-electron chi connectivity index (χ1n) is 10.9. The molecule has 0 aromatic heterocycles. The highest BCUT2D eigenvalue weighted by atomic mass is 79.9. The molecule has 3 aromatic rings. The Bertz CT molecular complexity index is 1070. The molecule has 8 heteroatoms. The number of benzene rings is 3. The number of carboxylic acids is 2. The topological polar surface area (TPSA) is 90.3 Å². The Kier molecular flexibility index (Phi) is 9.63. The van der Waals surface area contributed by atoms with Crippen molar-refractivity contribution in [2.45, 2.75) is 13.1 Å². The summed E-state index contributed by atoms with van der Waals surface area (Å²) in [7, 11) is 0. The number of ether oxygens (including phenoxy) is 1. The zero-order valence-corrected chi connectivity index (χ0v) is 20.2. The second-order valence-corrected chi connectivity index (χ2v) is 8.77. The largest absolute Gasteiger partial charge is 0.473 e. The van der Waals surface area contributed by atoms with Crippen LogP contribution in [-0.4, -0.2) is 58.1 Å². The van der Waals surface area contributed by atoms with Crippen LogP contribution >= 0.6 is 15.9 Å². The van der Waals surface area contributed by atoms with E-state index in [0.717, 1.165) is 55.2 Å². The molecule has 4 rings (SSSR count). The highest BCUT2D eigenvalue weighted by Crippen LogP contribution is 2.23. The second-order valence-electron chi connectivity index (χ2n) is 7.86. The van der Waals surface area contributed by atoms with E-state index >= 15 is 0 Å². The van der Waals surface area contributed by atoms with E-state index < -0.39 is 11.9 Å². The van der Waals surface area contributed by atoms with E-state index in [1.807, 2.05) is 36.4 Å². The Morgan fingerprint density at radius 2 is 1.21 bits per heavy atom. The number of carbonyl (C=O) groups is 2. The van der Waals surface area contributed by atoms with Crippen molar-refractivity contribution in [3.63, 3.8) is 0 Å². The van der Waals surface area contributed by atoms with Crippen molar-refractivity contribution in [1.29, 1.82) is 0 Å². The average molecular weight is 527 g/mol. The first-order valence-corrected chi connectivity index (χ1v) is 11.7. The van der Waals surface area contributed by atoms with Crippen LogP contribution in [0.15, 0.2) is 83.3 Å². The number of halogens is 1. The van der Waals surface area contributed by atoms with E-state index in [9.17, 15) is 0 Å². The summed E-state index contributed by atoms with van der Waals surface area (Å²) in [6.07, 6.45) is 0. The minimum Gasteiger partial charge on any atom is -0.473 e. The first kappa shape index (κ1) is 25.4. The van der Waals surface area contributed by atoms with Crippen molar-refractivity contribution >= 4 is 27.9 Å². The van der Waals surface area contributed by atoms with Gasteiger partial charge in [0.25, 0.3) is 0 Å². The Hall–Kier alpha value is -3.20. The van der Waals surface area contributed by atoms with E-state index in [2.05, 4.69) is 68.2 Å². The standard InChI is InChI=1S/C24H25BrN2O.C2H2O4/c25-22-8-4-6-20(16-22)18-26-12-14-27(15-13-26)19-21-7-5-11-24(17-21)28-23-9-2-1-3-10-23;3-1(4)2(5)6/h1-11,16-17H,12-15,18-19H2;(H,3,4)(H,5,6). The molecule has 7 nitrogen and oxygen atoms in total. The van der Waals surface area contributed by atoms with Crippen molar-refractivity contribution in [2.24, 2.45) is 0 Å². The lowest BCUT2D eigenvalue weighted by atomic mass is 10.1. The summed E-state index contributed by atoms with van der Waals surface area (Å²) in [5.74, 6) is -1.87. The molecule has 34 heavy (non-hydrogen) atoms. The fourth-order valence-electron chi connectivity index (χ4n) is 3.59. The number of piperazine rings is 1. The van der Waals surface area contributed by atoms with Crippen LogP contribution in [0, 0.1) is 0 Å². The summed E-state index contributed by atoms with van der Waals surface area (Å²) in [5, 5.41) is 14.8. The third-order valence-corrected chi connectivity index (χ3v) is 5.72. The molecule has 1 heterocycles. The van der Waals surface area contributed by atoms with Crippen LogP contribution in [0.2, 0.25) is 0 Å². The van der Waals surface area contributed by atoms with Crippen molar-refractivity contribution in [2.75, 3.05) is 26.2 Å². The molecule has 1 saturated heterocycles.